The molecule has 1 heterocycles. The van der Waals surface area contributed by atoms with Crippen molar-refractivity contribution in [1.29, 1.82) is 0 Å². The van der Waals surface area contributed by atoms with Gasteiger partial charge in [-0.3, -0.25) is 9.36 Å². The smallest absolute Gasteiger partial charge is 0.340 e. The summed E-state index contributed by atoms with van der Waals surface area (Å²) in [5.41, 5.74) is 1.72. The van der Waals surface area contributed by atoms with Crippen LogP contribution in [0.15, 0.2) is 83.8 Å². The number of para-hydroxylation sites is 1. The van der Waals surface area contributed by atoms with Crippen LogP contribution in [0, 0.1) is 0 Å². The Kier molecular flexibility index (Phi) is 6.73. The summed E-state index contributed by atoms with van der Waals surface area (Å²) in [7, 11) is 4.49. The summed E-state index contributed by atoms with van der Waals surface area (Å²) in [6, 6.07) is 18.9. The molecule has 8 nitrogen and oxygen atoms in total. The highest BCUT2D eigenvalue weighted by Crippen LogP contribution is 2.32. The lowest BCUT2D eigenvalue weighted by Gasteiger charge is -2.10. The molecule has 0 fully saturated rings. The van der Waals surface area contributed by atoms with E-state index in [4.69, 9.17) is 14.2 Å². The van der Waals surface area contributed by atoms with Crippen molar-refractivity contribution in [1.82, 2.24) is 9.13 Å². The van der Waals surface area contributed by atoms with Crippen LogP contribution < -0.4 is 19.9 Å². The summed E-state index contributed by atoms with van der Waals surface area (Å²) in [5.74, 6) is 0.721. The molecule has 0 amide bonds. The number of aromatic hydroxyl groups is 1. The standard InChI is InChI=1S/C27H24N2O6/c1-33-23-13-11-19(16-25(23)35-3)21-17-28(20-7-5-4-6-8-20)27(32)29(21)26(31)14-10-18-9-12-22(30)24(15-18)34-2/h4-17,30H,1-3H3/b14-10+. The minimum atomic E-state index is -0.540. The van der Waals surface area contributed by atoms with Gasteiger partial charge in [0.15, 0.2) is 23.0 Å². The molecule has 178 valence electrons. The van der Waals surface area contributed by atoms with Gasteiger partial charge in [-0.1, -0.05) is 24.3 Å². The molecular formula is C27H24N2O6. The number of benzene rings is 3. The van der Waals surface area contributed by atoms with E-state index < -0.39 is 11.6 Å². The molecule has 0 aliphatic rings. The molecule has 0 radical (unpaired) electrons. The molecule has 1 N–H and O–H groups in total. The SMILES string of the molecule is COc1cc(/C=C/C(=O)n2c(-c3ccc(OC)c(OC)c3)cn(-c3ccccc3)c2=O)ccc1O. The molecule has 0 unspecified atom stereocenters. The van der Waals surface area contributed by atoms with Crippen LogP contribution in [0.5, 0.6) is 23.0 Å². The quantitative estimate of drug-likeness (QED) is 0.401. The molecule has 0 atom stereocenters. The van der Waals surface area contributed by atoms with Crippen molar-refractivity contribution in [2.75, 3.05) is 21.3 Å². The Morgan fingerprint density at radius 3 is 2.26 bits per heavy atom. The zero-order valence-electron chi connectivity index (χ0n) is 19.5. The number of hydrogen-bond donors (Lipinski definition) is 1. The number of carbonyl (C=O) groups is 1. The number of methoxy groups -OCH3 is 3. The van der Waals surface area contributed by atoms with Crippen LogP contribution in [0.4, 0.5) is 0 Å². The average molecular weight is 472 g/mol. The van der Waals surface area contributed by atoms with Gasteiger partial charge in [0.2, 0.25) is 0 Å². The van der Waals surface area contributed by atoms with Crippen LogP contribution in [0.25, 0.3) is 23.0 Å². The fraction of sp³-hybridized carbons (Fsp3) is 0.111. The maximum Gasteiger partial charge on any atom is 0.340 e. The van der Waals surface area contributed by atoms with Crippen molar-refractivity contribution in [2.24, 2.45) is 0 Å². The fourth-order valence-electron chi connectivity index (χ4n) is 3.67. The van der Waals surface area contributed by atoms with E-state index in [9.17, 15) is 14.7 Å². The number of rotatable bonds is 7. The second-order valence-corrected chi connectivity index (χ2v) is 7.51. The predicted octanol–water partition coefficient (Wildman–Crippen LogP) is 4.39. The Bertz CT molecular complexity index is 1450. The van der Waals surface area contributed by atoms with Crippen LogP contribution >= 0.6 is 0 Å². The molecule has 1 aromatic heterocycles. The second kappa shape index (κ2) is 10.0. The number of allylic oxidation sites excluding steroid dienone is 1. The van der Waals surface area contributed by atoms with Gasteiger partial charge in [-0.25, -0.2) is 9.36 Å². The van der Waals surface area contributed by atoms with Crippen molar-refractivity contribution < 1.29 is 24.1 Å². The van der Waals surface area contributed by atoms with Crippen molar-refractivity contribution in [3.63, 3.8) is 0 Å². The molecule has 0 aliphatic heterocycles. The Hall–Kier alpha value is -4.72. The van der Waals surface area contributed by atoms with E-state index in [0.29, 0.717) is 34.0 Å². The lowest BCUT2D eigenvalue weighted by Crippen LogP contribution is -2.27. The number of imidazole rings is 1. The number of carbonyl (C=O) groups excluding carboxylic acids is 1. The summed E-state index contributed by atoms with van der Waals surface area (Å²) < 4.78 is 18.4. The van der Waals surface area contributed by atoms with Crippen molar-refractivity contribution in [3.8, 4) is 39.9 Å². The van der Waals surface area contributed by atoms with E-state index in [-0.39, 0.29) is 11.5 Å². The number of nitrogens with zero attached hydrogens (tertiary/aromatic N) is 2. The van der Waals surface area contributed by atoms with E-state index in [1.54, 1.807) is 54.7 Å². The topological polar surface area (TPSA) is 91.9 Å². The summed E-state index contributed by atoms with van der Waals surface area (Å²) in [5, 5.41) is 9.80. The van der Waals surface area contributed by atoms with Gasteiger partial charge in [-0.05, 0) is 54.1 Å². The first-order valence-electron chi connectivity index (χ1n) is 10.7. The van der Waals surface area contributed by atoms with Crippen LogP contribution in [-0.2, 0) is 0 Å². The normalized spacial score (nSPS) is 10.9. The maximum absolute atomic E-state index is 13.4. The van der Waals surface area contributed by atoms with Gasteiger partial charge in [0.1, 0.15) is 0 Å². The van der Waals surface area contributed by atoms with Gasteiger partial charge in [0, 0.05) is 17.8 Å². The van der Waals surface area contributed by atoms with Crippen molar-refractivity contribution in [2.45, 2.75) is 0 Å². The summed E-state index contributed by atoms with van der Waals surface area (Å²) in [4.78, 5) is 26.7. The van der Waals surface area contributed by atoms with Crippen LogP contribution in [-0.4, -0.2) is 41.5 Å². The van der Waals surface area contributed by atoms with E-state index in [0.717, 1.165) is 4.57 Å². The summed E-state index contributed by atoms with van der Waals surface area (Å²) in [6.45, 7) is 0. The molecule has 4 rings (SSSR count). The van der Waals surface area contributed by atoms with Crippen LogP contribution in [0.1, 0.15) is 10.4 Å². The molecule has 3 aromatic carbocycles. The molecule has 0 spiro atoms. The first kappa shape index (κ1) is 23.4. The molecular weight excluding hydrogens is 448 g/mol. The summed E-state index contributed by atoms with van der Waals surface area (Å²) in [6.07, 6.45) is 4.47. The van der Waals surface area contributed by atoms with E-state index in [1.807, 2.05) is 18.2 Å². The van der Waals surface area contributed by atoms with E-state index >= 15 is 0 Å². The molecule has 8 heteroatoms. The third kappa shape index (κ3) is 4.67. The Morgan fingerprint density at radius 2 is 1.57 bits per heavy atom. The highest BCUT2D eigenvalue weighted by Gasteiger charge is 2.19. The average Bonchev–Trinajstić information content (AvgIpc) is 3.25. The van der Waals surface area contributed by atoms with Crippen molar-refractivity contribution >= 4 is 12.0 Å². The van der Waals surface area contributed by atoms with Gasteiger partial charge < -0.3 is 19.3 Å². The molecule has 0 aliphatic carbocycles. The minimum Gasteiger partial charge on any atom is -0.504 e. The number of phenolic OH excluding ortho intramolecular Hbond substituents is 1. The van der Waals surface area contributed by atoms with Gasteiger partial charge >= 0.3 is 5.69 Å². The lowest BCUT2D eigenvalue weighted by molar-refractivity contribution is 0.0967. The Morgan fingerprint density at radius 1 is 0.857 bits per heavy atom. The van der Waals surface area contributed by atoms with Gasteiger partial charge in [0.25, 0.3) is 5.91 Å². The minimum absolute atomic E-state index is 0.0112. The second-order valence-electron chi connectivity index (χ2n) is 7.51. The van der Waals surface area contributed by atoms with Gasteiger partial charge in [-0.15, -0.1) is 0 Å². The Balaban J connectivity index is 1.83. The van der Waals surface area contributed by atoms with Crippen LogP contribution in [0.3, 0.4) is 0 Å². The first-order chi connectivity index (χ1) is 17.0. The number of hydrogen-bond acceptors (Lipinski definition) is 6. The van der Waals surface area contributed by atoms with E-state index in [1.165, 1.54) is 38.0 Å². The first-order valence-corrected chi connectivity index (χ1v) is 10.7. The maximum atomic E-state index is 13.4. The molecule has 0 saturated heterocycles. The lowest BCUT2D eigenvalue weighted by atomic mass is 10.1. The largest absolute Gasteiger partial charge is 0.504 e. The zero-order valence-corrected chi connectivity index (χ0v) is 19.5. The number of phenols is 1. The third-order valence-corrected chi connectivity index (χ3v) is 5.45. The van der Waals surface area contributed by atoms with Crippen LogP contribution in [0.2, 0.25) is 0 Å². The molecule has 4 aromatic rings. The zero-order chi connectivity index (χ0) is 24.9. The molecule has 0 saturated carbocycles. The van der Waals surface area contributed by atoms with E-state index in [2.05, 4.69) is 0 Å². The van der Waals surface area contributed by atoms with Gasteiger partial charge in [-0.2, -0.15) is 0 Å². The third-order valence-electron chi connectivity index (χ3n) is 5.45. The summed E-state index contributed by atoms with van der Waals surface area (Å²) >= 11 is 0. The van der Waals surface area contributed by atoms with Crippen molar-refractivity contribution in [3.05, 3.63) is 95.1 Å². The highest BCUT2D eigenvalue weighted by molar-refractivity contribution is 5.96. The van der Waals surface area contributed by atoms with Gasteiger partial charge in [0.05, 0.1) is 32.7 Å². The Labute approximate surface area is 201 Å². The number of aromatic nitrogens is 2. The molecule has 35 heavy (non-hydrogen) atoms. The fourth-order valence-corrected chi connectivity index (χ4v) is 3.67. The molecule has 0 bridgehead atoms. The predicted molar refractivity (Wildman–Crippen MR) is 133 cm³/mol. The highest BCUT2D eigenvalue weighted by atomic mass is 16.5. The number of ether oxygens (including phenoxy) is 3. The monoisotopic (exact) mass is 472 g/mol.